The molecule has 0 aromatic carbocycles. The first kappa shape index (κ1) is 13.8. The van der Waals surface area contributed by atoms with Gasteiger partial charge in [-0.05, 0) is 19.8 Å². The number of hydrogen-bond donors (Lipinski definition) is 4. The summed E-state index contributed by atoms with van der Waals surface area (Å²) < 4.78 is 0. The number of anilines is 1. The molecule has 104 valence electrons. The van der Waals surface area contributed by atoms with Crippen LogP contribution >= 0.6 is 11.3 Å². The smallest absolute Gasteiger partial charge is 0.328 e. The summed E-state index contributed by atoms with van der Waals surface area (Å²) in [5.74, 6) is -0.790. The summed E-state index contributed by atoms with van der Waals surface area (Å²) in [5.41, 5.74) is 0.964. The van der Waals surface area contributed by atoms with E-state index in [4.69, 9.17) is 5.11 Å². The largest absolute Gasteiger partial charge is 0.480 e. The average molecular weight is 285 g/mol. The van der Waals surface area contributed by atoms with Crippen molar-refractivity contribution < 1.29 is 19.8 Å². The van der Waals surface area contributed by atoms with E-state index in [1.807, 2.05) is 5.38 Å². The summed E-state index contributed by atoms with van der Waals surface area (Å²) in [4.78, 5) is 26.7. The van der Waals surface area contributed by atoms with Gasteiger partial charge in [-0.3, -0.25) is 5.32 Å². The molecule has 1 fully saturated rings. The third-order valence-corrected chi connectivity index (χ3v) is 3.55. The number of aromatic nitrogens is 1. The minimum Gasteiger partial charge on any atom is -0.480 e. The Morgan fingerprint density at radius 1 is 1.53 bits per heavy atom. The van der Waals surface area contributed by atoms with Gasteiger partial charge in [0.2, 0.25) is 0 Å². The average Bonchev–Trinajstić information content (AvgIpc) is 3.07. The van der Waals surface area contributed by atoms with Crippen molar-refractivity contribution in [1.29, 1.82) is 0 Å². The van der Waals surface area contributed by atoms with Gasteiger partial charge in [0.1, 0.15) is 0 Å². The van der Waals surface area contributed by atoms with E-state index in [2.05, 4.69) is 15.6 Å². The lowest BCUT2D eigenvalue weighted by molar-refractivity contribution is -0.141. The highest BCUT2D eigenvalue weighted by Gasteiger charge is 2.27. The van der Waals surface area contributed by atoms with Crippen molar-refractivity contribution in [3.8, 4) is 0 Å². The molecular formula is C11H15N3O4S. The molecule has 7 nitrogen and oxygen atoms in total. The van der Waals surface area contributed by atoms with E-state index in [-0.39, 0.29) is 0 Å². The molecule has 2 rings (SSSR count). The number of nitrogens with one attached hydrogen (secondary N) is 2. The van der Waals surface area contributed by atoms with Crippen molar-refractivity contribution in [3.63, 3.8) is 0 Å². The van der Waals surface area contributed by atoms with E-state index in [1.165, 1.54) is 18.3 Å². The molecule has 1 aromatic heterocycles. The van der Waals surface area contributed by atoms with Crippen molar-refractivity contribution >= 4 is 28.5 Å². The number of carboxylic acids is 1. The number of carbonyl (C=O) groups excluding carboxylic acids is 1. The summed E-state index contributed by atoms with van der Waals surface area (Å²) >= 11 is 1.30. The fraction of sp³-hybridized carbons (Fsp3) is 0.545. The molecule has 1 aromatic rings. The van der Waals surface area contributed by atoms with Crippen LogP contribution < -0.4 is 10.6 Å². The Bertz CT molecular complexity index is 484. The van der Waals surface area contributed by atoms with Gasteiger partial charge in [0.15, 0.2) is 11.2 Å². The topological polar surface area (TPSA) is 112 Å². The standard InChI is InChI=1S/C11H15N3O4S/c1-5(15)8(9(16)17)13-10(18)14-11-12-7(4-19-11)6-2-3-6/h4-6,8,15H,2-3H2,1H3,(H,16,17)(H2,12,13,14,18). The predicted molar refractivity (Wildman–Crippen MR) is 69.3 cm³/mol. The van der Waals surface area contributed by atoms with Gasteiger partial charge in [-0.15, -0.1) is 11.3 Å². The Balaban J connectivity index is 1.90. The van der Waals surface area contributed by atoms with Gasteiger partial charge in [0, 0.05) is 11.3 Å². The number of aliphatic hydroxyl groups is 1. The van der Waals surface area contributed by atoms with Gasteiger partial charge < -0.3 is 15.5 Å². The zero-order valence-corrected chi connectivity index (χ0v) is 11.1. The maximum Gasteiger partial charge on any atom is 0.328 e. The number of urea groups is 1. The lowest BCUT2D eigenvalue weighted by Crippen LogP contribution is -2.49. The molecule has 2 amide bonds. The van der Waals surface area contributed by atoms with Crippen LogP contribution in [0.15, 0.2) is 5.38 Å². The molecule has 2 unspecified atom stereocenters. The van der Waals surface area contributed by atoms with Gasteiger partial charge in [0.05, 0.1) is 11.8 Å². The van der Waals surface area contributed by atoms with E-state index in [1.54, 1.807) is 0 Å². The molecule has 0 spiro atoms. The minimum atomic E-state index is -1.34. The van der Waals surface area contributed by atoms with Crippen LogP contribution in [-0.4, -0.2) is 39.3 Å². The number of carbonyl (C=O) groups is 2. The monoisotopic (exact) mass is 285 g/mol. The van der Waals surface area contributed by atoms with E-state index in [0.29, 0.717) is 11.0 Å². The zero-order valence-electron chi connectivity index (χ0n) is 10.3. The molecule has 1 aliphatic rings. The highest BCUT2D eigenvalue weighted by Crippen LogP contribution is 2.40. The number of amides is 2. The molecule has 0 bridgehead atoms. The Morgan fingerprint density at radius 2 is 2.21 bits per heavy atom. The highest BCUT2D eigenvalue weighted by atomic mass is 32.1. The maximum absolute atomic E-state index is 11.6. The van der Waals surface area contributed by atoms with Gasteiger partial charge in [-0.1, -0.05) is 0 Å². The summed E-state index contributed by atoms with van der Waals surface area (Å²) in [6.45, 7) is 1.30. The first-order chi connectivity index (χ1) is 8.97. The predicted octanol–water partition coefficient (Wildman–Crippen LogP) is 0.976. The van der Waals surface area contributed by atoms with Crippen LogP contribution in [0.3, 0.4) is 0 Å². The SMILES string of the molecule is CC(O)C(NC(=O)Nc1nc(C2CC2)cs1)C(=O)O. The molecule has 4 N–H and O–H groups in total. The number of carboxylic acid groups (broad SMARTS) is 1. The van der Waals surface area contributed by atoms with Crippen LogP contribution in [0.25, 0.3) is 0 Å². The molecule has 19 heavy (non-hydrogen) atoms. The van der Waals surface area contributed by atoms with E-state index in [9.17, 15) is 14.7 Å². The molecule has 1 heterocycles. The summed E-state index contributed by atoms with van der Waals surface area (Å²) in [6, 6.07) is -2.03. The number of aliphatic carboxylic acids is 1. The molecule has 2 atom stereocenters. The third kappa shape index (κ3) is 3.65. The fourth-order valence-electron chi connectivity index (χ4n) is 1.57. The van der Waals surface area contributed by atoms with Crippen molar-refractivity contribution in [2.24, 2.45) is 0 Å². The zero-order chi connectivity index (χ0) is 14.0. The van der Waals surface area contributed by atoms with Crippen molar-refractivity contribution in [3.05, 3.63) is 11.1 Å². The van der Waals surface area contributed by atoms with Crippen molar-refractivity contribution in [2.45, 2.75) is 37.8 Å². The number of nitrogens with zero attached hydrogens (tertiary/aromatic N) is 1. The van der Waals surface area contributed by atoms with Crippen LogP contribution in [0.2, 0.25) is 0 Å². The number of thiazole rings is 1. The van der Waals surface area contributed by atoms with Crippen LogP contribution in [-0.2, 0) is 4.79 Å². The lowest BCUT2D eigenvalue weighted by atomic mass is 10.2. The fourth-order valence-corrected chi connectivity index (χ4v) is 2.36. The van der Waals surface area contributed by atoms with E-state index >= 15 is 0 Å². The molecule has 0 aliphatic heterocycles. The number of hydrogen-bond acceptors (Lipinski definition) is 5. The van der Waals surface area contributed by atoms with E-state index < -0.39 is 24.1 Å². The molecule has 0 saturated heterocycles. The lowest BCUT2D eigenvalue weighted by Gasteiger charge is -2.16. The molecule has 1 aliphatic carbocycles. The van der Waals surface area contributed by atoms with Crippen LogP contribution in [0.1, 0.15) is 31.4 Å². The highest BCUT2D eigenvalue weighted by molar-refractivity contribution is 7.13. The van der Waals surface area contributed by atoms with E-state index in [0.717, 1.165) is 18.5 Å². The van der Waals surface area contributed by atoms with Gasteiger partial charge in [-0.25, -0.2) is 14.6 Å². The summed E-state index contributed by atoms with van der Waals surface area (Å²) in [5, 5.41) is 25.0. The molecule has 0 radical (unpaired) electrons. The third-order valence-electron chi connectivity index (χ3n) is 2.77. The van der Waals surface area contributed by atoms with Gasteiger partial charge in [-0.2, -0.15) is 0 Å². The Hall–Kier alpha value is -1.67. The van der Waals surface area contributed by atoms with Crippen molar-refractivity contribution in [1.82, 2.24) is 10.3 Å². The summed E-state index contributed by atoms with van der Waals surface area (Å²) in [6.07, 6.45) is 1.07. The second kappa shape index (κ2) is 5.54. The Morgan fingerprint density at radius 3 is 2.74 bits per heavy atom. The van der Waals surface area contributed by atoms with Crippen LogP contribution in [0, 0.1) is 0 Å². The molecule has 1 saturated carbocycles. The van der Waals surface area contributed by atoms with Crippen LogP contribution in [0.4, 0.5) is 9.93 Å². The molecule has 8 heteroatoms. The normalized spacial score (nSPS) is 17.6. The summed E-state index contributed by atoms with van der Waals surface area (Å²) in [7, 11) is 0. The second-order valence-electron chi connectivity index (χ2n) is 4.51. The number of aliphatic hydroxyl groups excluding tert-OH is 1. The minimum absolute atomic E-state index is 0.425. The second-order valence-corrected chi connectivity index (χ2v) is 5.36. The Kier molecular flexibility index (Phi) is 4.01. The first-order valence-electron chi connectivity index (χ1n) is 5.91. The van der Waals surface area contributed by atoms with Crippen LogP contribution in [0.5, 0.6) is 0 Å². The molecular weight excluding hydrogens is 270 g/mol. The first-order valence-corrected chi connectivity index (χ1v) is 6.79. The van der Waals surface area contributed by atoms with Gasteiger partial charge in [0.25, 0.3) is 0 Å². The maximum atomic E-state index is 11.6. The number of rotatable bonds is 5. The quantitative estimate of drug-likeness (QED) is 0.644. The Labute approximate surface area is 113 Å². The van der Waals surface area contributed by atoms with Crippen molar-refractivity contribution in [2.75, 3.05) is 5.32 Å². The van der Waals surface area contributed by atoms with Gasteiger partial charge >= 0.3 is 12.0 Å².